The highest BCUT2D eigenvalue weighted by atomic mass is 16.5. The summed E-state index contributed by atoms with van der Waals surface area (Å²) in [5.74, 6) is 5.91. The summed E-state index contributed by atoms with van der Waals surface area (Å²) < 4.78 is 7.66. The minimum Gasteiger partial charge on any atom is -0.358 e. The van der Waals surface area contributed by atoms with E-state index in [9.17, 15) is 0 Å². The Morgan fingerprint density at radius 1 is 1.35 bits per heavy atom. The second-order valence-electron chi connectivity index (χ2n) is 4.01. The highest BCUT2D eigenvalue weighted by molar-refractivity contribution is 5.82. The zero-order valence-corrected chi connectivity index (χ0v) is 9.33. The summed E-state index contributed by atoms with van der Waals surface area (Å²) in [4.78, 5) is 12.5. The Morgan fingerprint density at radius 3 is 3.06 bits per heavy atom. The first kappa shape index (κ1) is 10.4. The number of rotatable bonds is 2. The molecule has 3 N–H and O–H groups in total. The molecule has 17 heavy (non-hydrogen) atoms. The van der Waals surface area contributed by atoms with Gasteiger partial charge in [-0.25, -0.2) is 20.8 Å². The first-order valence-electron chi connectivity index (χ1n) is 5.66. The summed E-state index contributed by atoms with van der Waals surface area (Å²) in [6.07, 6.45) is 6.50. The van der Waals surface area contributed by atoms with Gasteiger partial charge in [-0.3, -0.25) is 4.57 Å². The van der Waals surface area contributed by atoms with Crippen LogP contribution in [-0.2, 0) is 4.74 Å². The monoisotopic (exact) mass is 234 g/mol. The lowest BCUT2D eigenvalue weighted by atomic mass is 10.2. The lowest BCUT2D eigenvalue weighted by Gasteiger charge is -2.23. The molecule has 1 fully saturated rings. The van der Waals surface area contributed by atoms with E-state index in [1.54, 1.807) is 6.33 Å². The van der Waals surface area contributed by atoms with E-state index in [4.69, 9.17) is 10.6 Å². The Morgan fingerprint density at radius 2 is 2.29 bits per heavy atom. The van der Waals surface area contributed by atoms with Gasteiger partial charge in [0.15, 0.2) is 17.0 Å². The van der Waals surface area contributed by atoms with Crippen LogP contribution in [0.2, 0.25) is 0 Å². The average Bonchev–Trinajstić information content (AvgIpc) is 2.83. The maximum Gasteiger partial charge on any atom is 0.171 e. The molecule has 90 valence electrons. The third-order valence-electron chi connectivity index (χ3n) is 2.96. The van der Waals surface area contributed by atoms with Gasteiger partial charge in [0.2, 0.25) is 0 Å². The first-order valence-corrected chi connectivity index (χ1v) is 5.66. The van der Waals surface area contributed by atoms with Gasteiger partial charge in [-0.05, 0) is 19.3 Å². The standard InChI is InChI=1S/C10H14N6O/c11-15-9-8-10(13-5-12-9)16(6-14-8)7-3-1-2-4-17-7/h5-7H,1-4,11H2,(H,12,13,15). The number of fused-ring (bicyclic) bond motifs is 1. The third kappa shape index (κ3) is 1.73. The molecule has 7 nitrogen and oxygen atoms in total. The number of hydrazine groups is 1. The van der Waals surface area contributed by atoms with E-state index < -0.39 is 0 Å². The van der Waals surface area contributed by atoms with Gasteiger partial charge in [0.05, 0.1) is 6.33 Å². The number of nitrogens with one attached hydrogen (secondary N) is 1. The van der Waals surface area contributed by atoms with E-state index in [2.05, 4.69) is 20.4 Å². The number of ether oxygens (including phenoxy) is 1. The van der Waals surface area contributed by atoms with Crippen molar-refractivity contribution in [3.05, 3.63) is 12.7 Å². The van der Waals surface area contributed by atoms with Crippen LogP contribution in [0.15, 0.2) is 12.7 Å². The molecule has 3 rings (SSSR count). The van der Waals surface area contributed by atoms with Gasteiger partial charge in [0.1, 0.15) is 12.6 Å². The van der Waals surface area contributed by atoms with Gasteiger partial charge in [-0.2, -0.15) is 0 Å². The molecule has 7 heteroatoms. The van der Waals surface area contributed by atoms with Crippen LogP contribution in [0.4, 0.5) is 5.82 Å². The lowest BCUT2D eigenvalue weighted by Crippen LogP contribution is -2.18. The van der Waals surface area contributed by atoms with Crippen LogP contribution >= 0.6 is 0 Å². The molecular weight excluding hydrogens is 220 g/mol. The molecule has 3 heterocycles. The van der Waals surface area contributed by atoms with Crippen LogP contribution in [-0.4, -0.2) is 26.1 Å². The van der Waals surface area contributed by atoms with Crippen molar-refractivity contribution < 1.29 is 4.74 Å². The molecule has 1 saturated heterocycles. The predicted molar refractivity (Wildman–Crippen MR) is 62.0 cm³/mol. The molecule has 2 aromatic rings. The number of hydrogen-bond acceptors (Lipinski definition) is 6. The first-order chi connectivity index (χ1) is 8.40. The number of nitrogens with two attached hydrogens (primary N) is 1. The maximum atomic E-state index is 5.71. The van der Waals surface area contributed by atoms with Crippen LogP contribution in [0.5, 0.6) is 0 Å². The smallest absolute Gasteiger partial charge is 0.171 e. The maximum absolute atomic E-state index is 5.71. The molecule has 0 aliphatic carbocycles. The number of nitrogens with zero attached hydrogens (tertiary/aromatic N) is 4. The summed E-state index contributed by atoms with van der Waals surface area (Å²) in [5, 5.41) is 0. The number of imidazole rings is 1. The quantitative estimate of drug-likeness (QED) is 0.590. The lowest BCUT2D eigenvalue weighted by molar-refractivity contribution is -0.0298. The largest absolute Gasteiger partial charge is 0.358 e. The highest BCUT2D eigenvalue weighted by Crippen LogP contribution is 2.26. The zero-order chi connectivity index (χ0) is 11.7. The van der Waals surface area contributed by atoms with Crippen molar-refractivity contribution in [1.29, 1.82) is 0 Å². The number of hydrogen-bond donors (Lipinski definition) is 2. The summed E-state index contributed by atoms with van der Waals surface area (Å²) in [6, 6.07) is 0. The fraction of sp³-hybridized carbons (Fsp3) is 0.500. The SMILES string of the molecule is NNc1ncnc2c1ncn2C1CCCCO1. The molecule has 1 atom stereocenters. The normalized spacial score (nSPS) is 20.6. The van der Waals surface area contributed by atoms with E-state index in [-0.39, 0.29) is 6.23 Å². The number of anilines is 1. The fourth-order valence-corrected chi connectivity index (χ4v) is 2.11. The number of nitrogen functional groups attached to an aromatic ring is 1. The topological polar surface area (TPSA) is 90.9 Å². The van der Waals surface area contributed by atoms with E-state index in [1.165, 1.54) is 6.33 Å². The van der Waals surface area contributed by atoms with Crippen molar-refractivity contribution in [2.24, 2.45) is 5.84 Å². The van der Waals surface area contributed by atoms with Gasteiger partial charge in [0, 0.05) is 6.61 Å². The number of aromatic nitrogens is 4. The van der Waals surface area contributed by atoms with Crippen molar-refractivity contribution in [1.82, 2.24) is 19.5 Å². The Kier molecular flexibility index (Phi) is 2.62. The van der Waals surface area contributed by atoms with Crippen molar-refractivity contribution in [2.75, 3.05) is 12.0 Å². The molecule has 0 amide bonds. The van der Waals surface area contributed by atoms with Crippen LogP contribution < -0.4 is 11.3 Å². The second kappa shape index (κ2) is 4.27. The average molecular weight is 234 g/mol. The Balaban J connectivity index is 2.05. The van der Waals surface area contributed by atoms with Gasteiger partial charge < -0.3 is 10.2 Å². The molecule has 1 unspecified atom stereocenters. The van der Waals surface area contributed by atoms with Crippen LogP contribution in [0.1, 0.15) is 25.5 Å². The van der Waals surface area contributed by atoms with Crippen molar-refractivity contribution >= 4 is 17.0 Å². The molecule has 0 radical (unpaired) electrons. The molecule has 0 aromatic carbocycles. The Labute approximate surface area is 98.0 Å². The molecule has 0 saturated carbocycles. The van der Waals surface area contributed by atoms with Crippen molar-refractivity contribution in [3.63, 3.8) is 0 Å². The molecule has 1 aliphatic rings. The van der Waals surface area contributed by atoms with Gasteiger partial charge >= 0.3 is 0 Å². The minimum atomic E-state index is 0.0225. The van der Waals surface area contributed by atoms with Crippen molar-refractivity contribution in [2.45, 2.75) is 25.5 Å². The highest BCUT2D eigenvalue weighted by Gasteiger charge is 2.19. The van der Waals surface area contributed by atoms with E-state index >= 15 is 0 Å². The third-order valence-corrected chi connectivity index (χ3v) is 2.96. The van der Waals surface area contributed by atoms with E-state index in [0.717, 1.165) is 31.5 Å². The predicted octanol–water partition coefficient (Wildman–Crippen LogP) is 0.811. The van der Waals surface area contributed by atoms with Crippen LogP contribution in [0.3, 0.4) is 0 Å². The summed E-state index contributed by atoms with van der Waals surface area (Å²) in [7, 11) is 0. The van der Waals surface area contributed by atoms with Gasteiger partial charge in [-0.15, -0.1) is 0 Å². The molecule has 2 aromatic heterocycles. The van der Waals surface area contributed by atoms with Crippen LogP contribution in [0.25, 0.3) is 11.2 Å². The zero-order valence-electron chi connectivity index (χ0n) is 9.33. The molecule has 0 spiro atoms. The van der Waals surface area contributed by atoms with Crippen molar-refractivity contribution in [3.8, 4) is 0 Å². The minimum absolute atomic E-state index is 0.0225. The van der Waals surface area contributed by atoms with Crippen LogP contribution in [0, 0.1) is 0 Å². The summed E-state index contributed by atoms with van der Waals surface area (Å²) in [5.41, 5.74) is 3.94. The van der Waals surface area contributed by atoms with Gasteiger partial charge in [-0.1, -0.05) is 0 Å². The second-order valence-corrected chi connectivity index (χ2v) is 4.01. The Bertz CT molecular complexity index is 518. The van der Waals surface area contributed by atoms with E-state index in [0.29, 0.717) is 11.3 Å². The molecule has 0 bridgehead atoms. The summed E-state index contributed by atoms with van der Waals surface area (Å²) >= 11 is 0. The molecule has 1 aliphatic heterocycles. The summed E-state index contributed by atoms with van der Waals surface area (Å²) in [6.45, 7) is 0.789. The Hall–Kier alpha value is -1.73. The van der Waals surface area contributed by atoms with E-state index in [1.807, 2.05) is 4.57 Å². The fourth-order valence-electron chi connectivity index (χ4n) is 2.11. The van der Waals surface area contributed by atoms with Gasteiger partial charge in [0.25, 0.3) is 0 Å². The molecular formula is C10H14N6O.